The monoisotopic (exact) mass is 530 g/mol. The second-order valence-corrected chi connectivity index (χ2v) is 11.4. The van der Waals surface area contributed by atoms with E-state index in [2.05, 4.69) is 47.7 Å². The molecule has 0 bridgehead atoms. The maximum absolute atomic E-state index is 13.3. The molecule has 0 spiro atoms. The van der Waals surface area contributed by atoms with Gasteiger partial charge in [0, 0.05) is 44.3 Å². The van der Waals surface area contributed by atoms with Gasteiger partial charge in [0.25, 0.3) is 0 Å². The molecule has 0 saturated carbocycles. The minimum absolute atomic E-state index is 0.00897. The smallest absolute Gasteiger partial charge is 0.318 e. The van der Waals surface area contributed by atoms with E-state index in [-0.39, 0.29) is 11.7 Å². The number of fused-ring (bicyclic) bond motifs is 2. The lowest BCUT2D eigenvalue weighted by Crippen LogP contribution is -2.40. The largest absolute Gasteiger partial charge is 0.462 e. The predicted octanol–water partition coefficient (Wildman–Crippen LogP) is 2.74. The molecular formula is C30H38N6O3. The minimum Gasteiger partial charge on any atom is -0.462 e. The van der Waals surface area contributed by atoms with Crippen LogP contribution in [0.4, 0.5) is 5.82 Å². The van der Waals surface area contributed by atoms with Crippen LogP contribution in [0.3, 0.4) is 0 Å². The Morgan fingerprint density at radius 1 is 1.23 bits per heavy atom. The van der Waals surface area contributed by atoms with Crippen molar-refractivity contribution in [3.63, 3.8) is 0 Å². The number of nitrogens with zero attached hydrogens (tertiary/aromatic N) is 6. The van der Waals surface area contributed by atoms with Gasteiger partial charge in [0.15, 0.2) is 5.78 Å². The second kappa shape index (κ2) is 10.4. The number of benzene rings is 1. The van der Waals surface area contributed by atoms with Gasteiger partial charge in [0.05, 0.1) is 11.7 Å². The molecule has 4 aliphatic rings. The van der Waals surface area contributed by atoms with Gasteiger partial charge in [0.2, 0.25) is 5.91 Å². The first kappa shape index (κ1) is 26.0. The van der Waals surface area contributed by atoms with Crippen LogP contribution in [0.2, 0.25) is 0 Å². The van der Waals surface area contributed by atoms with Crippen LogP contribution in [0, 0.1) is 0 Å². The summed E-state index contributed by atoms with van der Waals surface area (Å²) in [5.41, 5.74) is 4.82. The lowest BCUT2D eigenvalue weighted by atomic mass is 10.1. The Balaban J connectivity index is 1.30. The summed E-state index contributed by atoms with van der Waals surface area (Å²) in [7, 11) is 4.03. The third-order valence-corrected chi connectivity index (χ3v) is 9.22. The summed E-state index contributed by atoms with van der Waals surface area (Å²) in [5.74, 6) is 0.507. The molecule has 4 atom stereocenters. The van der Waals surface area contributed by atoms with Crippen molar-refractivity contribution in [2.24, 2.45) is 0 Å². The molecule has 0 N–H and O–H groups in total. The van der Waals surface area contributed by atoms with Crippen molar-refractivity contribution in [3.8, 4) is 6.01 Å². The van der Waals surface area contributed by atoms with Gasteiger partial charge in [-0.25, -0.2) is 0 Å². The molecule has 3 unspecified atom stereocenters. The summed E-state index contributed by atoms with van der Waals surface area (Å²) in [6, 6.07) is 8.76. The number of Topliss-reactive ketones (excluding diaryl/α,β-unsaturated/α-hetero) is 1. The van der Waals surface area contributed by atoms with E-state index in [1.54, 1.807) is 11.8 Å². The summed E-state index contributed by atoms with van der Waals surface area (Å²) in [5, 5.41) is 0. The van der Waals surface area contributed by atoms with E-state index >= 15 is 0 Å². The number of hydrogen-bond donors (Lipinski definition) is 0. The zero-order chi connectivity index (χ0) is 27.3. The fraction of sp³-hybridized carbons (Fsp3) is 0.533. The van der Waals surface area contributed by atoms with Crippen LogP contribution in [-0.4, -0.2) is 88.3 Å². The molecule has 9 heteroatoms. The Bertz CT molecular complexity index is 1300. The van der Waals surface area contributed by atoms with Crippen LogP contribution in [0.1, 0.15) is 54.6 Å². The third-order valence-electron chi connectivity index (χ3n) is 9.22. The highest BCUT2D eigenvalue weighted by molar-refractivity contribution is 6.00. The molecule has 1 amide bonds. The van der Waals surface area contributed by atoms with E-state index in [0.29, 0.717) is 44.3 Å². The van der Waals surface area contributed by atoms with Gasteiger partial charge in [-0.05, 0) is 63.4 Å². The Morgan fingerprint density at radius 3 is 2.82 bits per heavy atom. The van der Waals surface area contributed by atoms with Gasteiger partial charge in [-0.3, -0.25) is 14.5 Å². The number of ether oxygens (including phenoxy) is 1. The van der Waals surface area contributed by atoms with Gasteiger partial charge in [0.1, 0.15) is 18.5 Å². The number of rotatable bonds is 7. The van der Waals surface area contributed by atoms with E-state index in [0.717, 1.165) is 42.9 Å². The topological polar surface area (TPSA) is 82.1 Å². The SMILES string of the molecule is C=CC(=O)N1CC(N(C)c2nc(OC[C@@H]3CCCN3C)nc3c2CN(C2CCc4ccccc42)C3)C(=O)C1C. The fourth-order valence-electron chi connectivity index (χ4n) is 6.82. The number of aryl methyl sites for hydroxylation is 1. The van der Waals surface area contributed by atoms with E-state index in [4.69, 9.17) is 14.7 Å². The van der Waals surface area contributed by atoms with Crippen molar-refractivity contribution in [2.75, 3.05) is 38.7 Å². The number of likely N-dealkylation sites (N-methyl/N-ethyl adjacent to an activating group) is 2. The summed E-state index contributed by atoms with van der Waals surface area (Å²) in [6.07, 6.45) is 5.71. The Kier molecular flexibility index (Phi) is 6.89. The Morgan fingerprint density at radius 2 is 2.05 bits per heavy atom. The first-order valence-electron chi connectivity index (χ1n) is 14.1. The van der Waals surface area contributed by atoms with Crippen LogP contribution in [0.5, 0.6) is 6.01 Å². The quantitative estimate of drug-likeness (QED) is 0.506. The number of amides is 1. The minimum atomic E-state index is -0.502. The molecular weight excluding hydrogens is 492 g/mol. The molecule has 2 aromatic rings. The van der Waals surface area contributed by atoms with Crippen molar-refractivity contribution >= 4 is 17.5 Å². The molecule has 39 heavy (non-hydrogen) atoms. The average Bonchev–Trinajstić information content (AvgIpc) is 3.72. The molecule has 0 radical (unpaired) electrons. The zero-order valence-electron chi connectivity index (χ0n) is 23.2. The molecule has 1 aromatic heterocycles. The van der Waals surface area contributed by atoms with Gasteiger partial charge < -0.3 is 19.4 Å². The van der Waals surface area contributed by atoms with Gasteiger partial charge >= 0.3 is 6.01 Å². The maximum Gasteiger partial charge on any atom is 0.318 e. The van der Waals surface area contributed by atoms with Gasteiger partial charge in [-0.1, -0.05) is 30.8 Å². The lowest BCUT2D eigenvalue weighted by molar-refractivity contribution is -0.130. The summed E-state index contributed by atoms with van der Waals surface area (Å²) in [6.45, 7) is 8.75. The van der Waals surface area contributed by atoms with Crippen molar-refractivity contribution in [1.82, 2.24) is 24.7 Å². The normalized spacial score (nSPS) is 26.6. The molecule has 2 saturated heterocycles. The zero-order valence-corrected chi connectivity index (χ0v) is 23.2. The fourth-order valence-corrected chi connectivity index (χ4v) is 6.82. The van der Waals surface area contributed by atoms with Gasteiger partial charge in [-0.2, -0.15) is 9.97 Å². The maximum atomic E-state index is 13.3. The molecule has 2 fully saturated rings. The molecule has 6 rings (SSSR count). The van der Waals surface area contributed by atoms with E-state index in [9.17, 15) is 9.59 Å². The van der Waals surface area contributed by atoms with Crippen molar-refractivity contribution in [2.45, 2.75) is 69.9 Å². The average molecular weight is 531 g/mol. The first-order valence-corrected chi connectivity index (χ1v) is 14.1. The van der Waals surface area contributed by atoms with Crippen LogP contribution < -0.4 is 9.64 Å². The highest BCUT2D eigenvalue weighted by Gasteiger charge is 2.43. The summed E-state index contributed by atoms with van der Waals surface area (Å²) in [4.78, 5) is 43.9. The van der Waals surface area contributed by atoms with E-state index < -0.39 is 12.1 Å². The van der Waals surface area contributed by atoms with Crippen LogP contribution >= 0.6 is 0 Å². The van der Waals surface area contributed by atoms with E-state index in [1.807, 2.05) is 11.9 Å². The number of likely N-dealkylation sites (tertiary alicyclic amines) is 2. The van der Waals surface area contributed by atoms with Crippen molar-refractivity contribution in [1.29, 1.82) is 0 Å². The molecule has 3 aliphatic heterocycles. The standard InChI is InChI=1S/C30H38N6O3/c1-5-27(37)36-17-26(28(38)19(36)2)34(4)29-23-15-35(25-13-12-20-9-6-7-11-22(20)25)16-24(23)31-30(32-29)39-18-21-10-8-14-33(21)3/h5-7,9,11,19,21,25-26H,1,8,10,12-18H2,2-4H3/t19?,21-,25?,26?/m0/s1. The number of anilines is 1. The molecule has 4 heterocycles. The van der Waals surface area contributed by atoms with Crippen molar-refractivity contribution < 1.29 is 14.3 Å². The lowest BCUT2D eigenvalue weighted by Gasteiger charge is -2.27. The van der Waals surface area contributed by atoms with Crippen LogP contribution in [0.25, 0.3) is 0 Å². The number of carbonyl (C=O) groups is 2. The third kappa shape index (κ3) is 4.61. The van der Waals surface area contributed by atoms with Crippen LogP contribution in [-0.2, 0) is 29.1 Å². The van der Waals surface area contributed by atoms with Crippen LogP contribution in [0.15, 0.2) is 36.9 Å². The number of carbonyl (C=O) groups excluding carboxylic acids is 2. The number of aromatic nitrogens is 2. The second-order valence-electron chi connectivity index (χ2n) is 11.4. The Hall–Kier alpha value is -3.30. The highest BCUT2D eigenvalue weighted by Crippen LogP contribution is 2.42. The molecule has 9 nitrogen and oxygen atoms in total. The highest BCUT2D eigenvalue weighted by atomic mass is 16.5. The first-order chi connectivity index (χ1) is 18.9. The predicted molar refractivity (Wildman–Crippen MR) is 148 cm³/mol. The van der Waals surface area contributed by atoms with Gasteiger partial charge in [-0.15, -0.1) is 0 Å². The number of hydrogen-bond acceptors (Lipinski definition) is 8. The molecule has 206 valence electrons. The molecule has 1 aliphatic carbocycles. The summed E-state index contributed by atoms with van der Waals surface area (Å²) < 4.78 is 6.21. The Labute approximate surface area is 230 Å². The number of ketones is 1. The van der Waals surface area contributed by atoms with E-state index in [1.165, 1.54) is 23.6 Å². The summed E-state index contributed by atoms with van der Waals surface area (Å²) >= 11 is 0. The molecule has 1 aromatic carbocycles. The van der Waals surface area contributed by atoms with Crippen molar-refractivity contribution in [3.05, 3.63) is 59.3 Å².